The van der Waals surface area contributed by atoms with E-state index in [9.17, 15) is 23.3 Å². The van der Waals surface area contributed by atoms with Gasteiger partial charge in [-0.2, -0.15) is 0 Å². The quantitative estimate of drug-likeness (QED) is 0.510. The van der Waals surface area contributed by atoms with Gasteiger partial charge >= 0.3 is 0 Å². The van der Waals surface area contributed by atoms with Crippen LogP contribution >= 0.6 is 0 Å². The number of nitrogens with one attached hydrogen (secondary N) is 1. The number of amides is 1. The van der Waals surface area contributed by atoms with E-state index in [4.69, 9.17) is 9.47 Å². The minimum Gasteiger partial charge on any atom is -0.497 e. The van der Waals surface area contributed by atoms with E-state index in [2.05, 4.69) is 5.32 Å². The predicted octanol–water partition coefficient (Wildman–Crippen LogP) is 2.41. The van der Waals surface area contributed by atoms with Crippen molar-refractivity contribution < 1.29 is 27.6 Å². The van der Waals surface area contributed by atoms with Gasteiger partial charge in [-0.3, -0.25) is 19.2 Å². The predicted molar refractivity (Wildman–Crippen MR) is 108 cm³/mol. The fourth-order valence-electron chi connectivity index (χ4n) is 2.68. The normalized spacial score (nSPS) is 12.0. The van der Waals surface area contributed by atoms with Crippen LogP contribution < -0.4 is 19.1 Å². The molecule has 0 heterocycles. The molecular formula is C18H21N3O7S. The molecule has 0 aliphatic rings. The Morgan fingerprint density at radius 3 is 2.24 bits per heavy atom. The first kappa shape index (κ1) is 22.0. The zero-order chi connectivity index (χ0) is 21.8. The number of benzene rings is 2. The minimum atomic E-state index is -3.82. The Labute approximate surface area is 168 Å². The molecule has 2 rings (SSSR count). The zero-order valence-electron chi connectivity index (χ0n) is 16.3. The van der Waals surface area contributed by atoms with Crippen molar-refractivity contribution in [3.8, 4) is 11.5 Å². The van der Waals surface area contributed by atoms with Gasteiger partial charge in [-0.15, -0.1) is 0 Å². The summed E-state index contributed by atoms with van der Waals surface area (Å²) in [6, 6.07) is 8.73. The Balaban J connectivity index is 2.37. The van der Waals surface area contributed by atoms with Gasteiger partial charge in [0.05, 0.1) is 36.8 Å². The molecule has 0 unspecified atom stereocenters. The third-order valence-electron chi connectivity index (χ3n) is 4.07. The van der Waals surface area contributed by atoms with Crippen LogP contribution in [0.2, 0.25) is 0 Å². The second kappa shape index (κ2) is 8.78. The molecule has 11 heteroatoms. The average molecular weight is 423 g/mol. The highest BCUT2D eigenvalue weighted by Gasteiger charge is 2.30. The van der Waals surface area contributed by atoms with Crippen molar-refractivity contribution in [1.29, 1.82) is 0 Å². The van der Waals surface area contributed by atoms with Crippen LogP contribution in [0.3, 0.4) is 0 Å². The number of carbonyl (C=O) groups is 1. The Hall–Kier alpha value is -3.34. The molecule has 0 fully saturated rings. The van der Waals surface area contributed by atoms with Crippen molar-refractivity contribution in [2.45, 2.75) is 13.0 Å². The fraction of sp³-hybridized carbons (Fsp3) is 0.278. The summed E-state index contributed by atoms with van der Waals surface area (Å²) < 4.78 is 35.8. The van der Waals surface area contributed by atoms with Gasteiger partial charge in [-0.1, -0.05) is 0 Å². The molecule has 0 spiro atoms. The first-order valence-corrected chi connectivity index (χ1v) is 10.2. The summed E-state index contributed by atoms with van der Waals surface area (Å²) in [4.78, 5) is 23.2. The standard InChI is InChI=1S/C18H21N3O7S/c1-12(20(29(4,25)26)13-5-8-15(27-2)9-6-13)18(22)19-16-11-14(21(23)24)7-10-17(16)28-3/h5-12H,1-4H3,(H,19,22)/t12-/m0/s1. The van der Waals surface area contributed by atoms with Gasteiger partial charge in [0.25, 0.3) is 5.69 Å². The van der Waals surface area contributed by atoms with E-state index in [1.165, 1.54) is 45.4 Å². The number of carbonyl (C=O) groups excluding carboxylic acids is 1. The summed E-state index contributed by atoms with van der Waals surface area (Å²) in [6.07, 6.45) is 0.981. The second-order valence-electron chi connectivity index (χ2n) is 6.06. The van der Waals surface area contributed by atoms with Crippen LogP contribution in [0.5, 0.6) is 11.5 Å². The molecule has 156 valence electrons. The van der Waals surface area contributed by atoms with Crippen LogP contribution in [-0.2, 0) is 14.8 Å². The van der Waals surface area contributed by atoms with E-state index in [0.29, 0.717) is 5.75 Å². The number of hydrogen-bond acceptors (Lipinski definition) is 7. The van der Waals surface area contributed by atoms with Crippen LogP contribution in [-0.4, -0.2) is 45.8 Å². The molecule has 29 heavy (non-hydrogen) atoms. The van der Waals surface area contributed by atoms with Crippen molar-refractivity contribution >= 4 is 33.0 Å². The molecule has 1 atom stereocenters. The number of non-ortho nitro benzene ring substituents is 1. The number of nitrogens with zero attached hydrogens (tertiary/aromatic N) is 2. The van der Waals surface area contributed by atoms with Gasteiger partial charge in [-0.05, 0) is 37.3 Å². The zero-order valence-corrected chi connectivity index (χ0v) is 17.1. The SMILES string of the molecule is COc1ccc(N([C@@H](C)C(=O)Nc2cc([N+](=O)[O-])ccc2OC)S(C)(=O)=O)cc1. The molecule has 10 nitrogen and oxygen atoms in total. The molecule has 0 aliphatic heterocycles. The Morgan fingerprint density at radius 2 is 1.76 bits per heavy atom. The highest BCUT2D eigenvalue weighted by molar-refractivity contribution is 7.92. The maximum atomic E-state index is 12.8. The summed E-state index contributed by atoms with van der Waals surface area (Å²) in [7, 11) is -0.994. The van der Waals surface area contributed by atoms with E-state index < -0.39 is 26.9 Å². The number of anilines is 2. The summed E-state index contributed by atoms with van der Waals surface area (Å²) in [5, 5.41) is 13.5. The highest BCUT2D eigenvalue weighted by atomic mass is 32.2. The monoisotopic (exact) mass is 423 g/mol. The van der Waals surface area contributed by atoms with Crippen molar-refractivity contribution in [3.63, 3.8) is 0 Å². The van der Waals surface area contributed by atoms with Gasteiger partial charge in [0.2, 0.25) is 15.9 Å². The van der Waals surface area contributed by atoms with Crippen molar-refractivity contribution in [2.24, 2.45) is 0 Å². The fourth-order valence-corrected chi connectivity index (χ4v) is 3.86. The van der Waals surface area contributed by atoms with E-state index >= 15 is 0 Å². The molecule has 0 bridgehead atoms. The number of methoxy groups -OCH3 is 2. The molecule has 1 N–H and O–H groups in total. The van der Waals surface area contributed by atoms with Crippen LogP contribution in [0.4, 0.5) is 17.1 Å². The maximum absolute atomic E-state index is 12.8. The lowest BCUT2D eigenvalue weighted by Crippen LogP contribution is -2.45. The lowest BCUT2D eigenvalue weighted by molar-refractivity contribution is -0.384. The van der Waals surface area contributed by atoms with Crippen molar-refractivity contribution in [3.05, 3.63) is 52.6 Å². The van der Waals surface area contributed by atoms with Gasteiger partial charge in [0.15, 0.2) is 0 Å². The molecule has 1 amide bonds. The number of ether oxygens (including phenoxy) is 2. The smallest absolute Gasteiger partial charge is 0.271 e. The lowest BCUT2D eigenvalue weighted by Gasteiger charge is -2.28. The van der Waals surface area contributed by atoms with Crippen molar-refractivity contribution in [1.82, 2.24) is 0 Å². The van der Waals surface area contributed by atoms with Gasteiger partial charge < -0.3 is 14.8 Å². The first-order valence-electron chi connectivity index (χ1n) is 8.35. The van der Waals surface area contributed by atoms with E-state index in [0.717, 1.165) is 16.6 Å². The second-order valence-corrected chi connectivity index (χ2v) is 7.92. The van der Waals surface area contributed by atoms with Crippen LogP contribution in [0.15, 0.2) is 42.5 Å². The van der Waals surface area contributed by atoms with Crippen molar-refractivity contribution in [2.75, 3.05) is 30.1 Å². The molecule has 0 aliphatic carbocycles. The molecule has 2 aromatic rings. The summed E-state index contributed by atoms with van der Waals surface area (Å²) in [6.45, 7) is 1.41. The molecular weight excluding hydrogens is 402 g/mol. The number of hydrogen-bond donors (Lipinski definition) is 1. The number of nitro groups is 1. The molecule has 0 radical (unpaired) electrons. The number of nitro benzene ring substituents is 1. The average Bonchev–Trinajstić information content (AvgIpc) is 2.67. The minimum absolute atomic E-state index is 0.0572. The van der Waals surface area contributed by atoms with Gasteiger partial charge in [-0.25, -0.2) is 8.42 Å². The van der Waals surface area contributed by atoms with E-state index in [1.807, 2.05) is 0 Å². The highest BCUT2D eigenvalue weighted by Crippen LogP contribution is 2.30. The molecule has 0 saturated heterocycles. The van der Waals surface area contributed by atoms with Crippen LogP contribution in [0, 0.1) is 10.1 Å². The maximum Gasteiger partial charge on any atom is 0.271 e. The number of sulfonamides is 1. The third-order valence-corrected chi connectivity index (χ3v) is 5.31. The largest absolute Gasteiger partial charge is 0.497 e. The Bertz CT molecular complexity index is 1010. The van der Waals surface area contributed by atoms with Crippen LogP contribution in [0.1, 0.15) is 6.92 Å². The Kier molecular flexibility index (Phi) is 6.64. The van der Waals surface area contributed by atoms with Gasteiger partial charge in [0.1, 0.15) is 17.5 Å². The lowest BCUT2D eigenvalue weighted by atomic mass is 10.2. The Morgan fingerprint density at radius 1 is 1.14 bits per heavy atom. The topological polar surface area (TPSA) is 128 Å². The number of rotatable bonds is 8. The first-order chi connectivity index (χ1) is 13.6. The van der Waals surface area contributed by atoms with Crippen LogP contribution in [0.25, 0.3) is 0 Å². The van der Waals surface area contributed by atoms with Gasteiger partial charge in [0, 0.05) is 12.1 Å². The molecule has 0 saturated carbocycles. The summed E-state index contributed by atoms with van der Waals surface area (Å²) >= 11 is 0. The van der Waals surface area contributed by atoms with E-state index in [1.54, 1.807) is 12.1 Å². The summed E-state index contributed by atoms with van der Waals surface area (Å²) in [5.74, 6) is 0.0391. The molecule has 0 aromatic heterocycles. The molecule has 2 aromatic carbocycles. The summed E-state index contributed by atoms with van der Waals surface area (Å²) in [5.41, 5.74) is 0.0764. The van der Waals surface area contributed by atoms with E-state index in [-0.39, 0.29) is 22.8 Å². The third kappa shape index (κ3) is 5.13.